The fraction of sp³-hybridized carbons (Fsp3) is 0.500. The van der Waals surface area contributed by atoms with Gasteiger partial charge in [0.25, 0.3) is 0 Å². The largest absolute Gasteiger partial charge is 0.208 e. The predicted octanol–water partition coefficient (Wildman–Crippen LogP) is 5.28. The molecular weight excluding hydrogens is 278 g/mol. The maximum atomic E-state index is 3.96. The molecule has 1 aromatic heterocycles. The molecule has 0 bridgehead atoms. The summed E-state index contributed by atoms with van der Waals surface area (Å²) in [4.78, 5) is 0. The van der Waals surface area contributed by atoms with E-state index >= 15 is 0 Å². The Labute approximate surface area is 142 Å². The fourth-order valence-electron chi connectivity index (χ4n) is 4.68. The Hall–Kier alpha value is -1.63. The van der Waals surface area contributed by atoms with E-state index < -0.39 is 0 Å². The van der Waals surface area contributed by atoms with Gasteiger partial charge in [-0.05, 0) is 48.7 Å². The highest BCUT2D eigenvalue weighted by Crippen LogP contribution is 2.53. The quantitative estimate of drug-likeness (QED) is 0.526. The Bertz CT molecular complexity index is 603. The van der Waals surface area contributed by atoms with Gasteiger partial charge >= 0.3 is 0 Å². The lowest BCUT2D eigenvalue weighted by molar-refractivity contribution is -0.671. The van der Waals surface area contributed by atoms with E-state index in [1.807, 2.05) is 6.08 Å². The summed E-state index contributed by atoms with van der Waals surface area (Å²) in [6.45, 7) is 13.3. The molecule has 0 N–H and O–H groups in total. The molecule has 0 amide bonds. The van der Waals surface area contributed by atoms with Crippen molar-refractivity contribution in [3.05, 3.63) is 66.5 Å². The highest BCUT2D eigenvalue weighted by atomic mass is 14.9. The zero-order valence-electron chi connectivity index (χ0n) is 15.5. The molecule has 0 aromatic carbocycles. The van der Waals surface area contributed by atoms with Gasteiger partial charge in [-0.25, -0.2) is 4.57 Å². The minimum absolute atomic E-state index is 0.0795. The van der Waals surface area contributed by atoms with Crippen LogP contribution in [0.2, 0.25) is 0 Å². The molecule has 1 aliphatic carbocycles. The van der Waals surface area contributed by atoms with E-state index in [4.69, 9.17) is 0 Å². The van der Waals surface area contributed by atoms with Crippen molar-refractivity contribution in [2.45, 2.75) is 52.4 Å². The standard InChI is InChI=1S/C22H32N/c1-7-9-19(10-8-2)22(20-11-13-23(6)14-12-20)16-18(3)15-21(4,5)17-22/h7-14,18H,1,15-17H2,2-6H3/q+1/b10-8-,19-9+. The second kappa shape index (κ2) is 6.86. The molecular formula is C22H32N+. The minimum Gasteiger partial charge on any atom is -0.208 e. The van der Waals surface area contributed by atoms with Crippen LogP contribution in [-0.2, 0) is 12.5 Å². The first-order chi connectivity index (χ1) is 10.8. The number of aryl methyl sites for hydroxylation is 1. The lowest BCUT2D eigenvalue weighted by atomic mass is 9.55. The van der Waals surface area contributed by atoms with Crippen molar-refractivity contribution >= 4 is 0 Å². The molecule has 1 aliphatic rings. The van der Waals surface area contributed by atoms with Gasteiger partial charge in [-0.3, -0.25) is 0 Å². The zero-order chi connectivity index (χ0) is 17.1. The van der Waals surface area contributed by atoms with Crippen LogP contribution in [0, 0.1) is 11.3 Å². The molecule has 1 fully saturated rings. The normalized spacial score (nSPS) is 28.0. The molecule has 1 heteroatoms. The van der Waals surface area contributed by atoms with Crippen LogP contribution in [0.1, 0.15) is 52.5 Å². The van der Waals surface area contributed by atoms with Crippen LogP contribution in [0.5, 0.6) is 0 Å². The van der Waals surface area contributed by atoms with Gasteiger partial charge in [-0.2, -0.15) is 0 Å². The number of allylic oxidation sites excluding steroid dienone is 5. The van der Waals surface area contributed by atoms with Gasteiger partial charge in [0.15, 0.2) is 12.4 Å². The van der Waals surface area contributed by atoms with Gasteiger partial charge in [-0.15, -0.1) is 0 Å². The van der Waals surface area contributed by atoms with Crippen molar-refractivity contribution in [3.8, 4) is 0 Å². The third-order valence-electron chi connectivity index (χ3n) is 5.11. The Morgan fingerprint density at radius 2 is 1.91 bits per heavy atom. The van der Waals surface area contributed by atoms with Crippen LogP contribution in [-0.4, -0.2) is 0 Å². The average Bonchev–Trinajstić information content (AvgIpc) is 2.45. The molecule has 1 aromatic rings. The molecule has 1 saturated carbocycles. The third-order valence-corrected chi connectivity index (χ3v) is 5.11. The zero-order valence-corrected chi connectivity index (χ0v) is 15.5. The van der Waals surface area contributed by atoms with Gasteiger partial charge in [0.2, 0.25) is 0 Å². The first-order valence-corrected chi connectivity index (χ1v) is 8.75. The van der Waals surface area contributed by atoms with Crippen molar-refractivity contribution in [2.24, 2.45) is 18.4 Å². The van der Waals surface area contributed by atoms with Crippen LogP contribution >= 0.6 is 0 Å². The number of hydrogen-bond acceptors (Lipinski definition) is 0. The Morgan fingerprint density at radius 3 is 2.43 bits per heavy atom. The van der Waals surface area contributed by atoms with Crippen LogP contribution < -0.4 is 4.57 Å². The first kappa shape index (κ1) is 17.7. The van der Waals surface area contributed by atoms with Crippen molar-refractivity contribution in [2.75, 3.05) is 0 Å². The van der Waals surface area contributed by atoms with E-state index in [9.17, 15) is 0 Å². The van der Waals surface area contributed by atoms with E-state index in [0.717, 1.165) is 0 Å². The SMILES string of the molecule is C=C/C=C(\C=C/C)C1(c2cc[n+](C)cc2)CC(C)CC(C)(C)C1. The molecule has 2 rings (SSSR count). The number of hydrogen-bond donors (Lipinski definition) is 0. The van der Waals surface area contributed by atoms with Crippen LogP contribution in [0.4, 0.5) is 0 Å². The highest BCUT2D eigenvalue weighted by molar-refractivity contribution is 5.43. The smallest absolute Gasteiger partial charge is 0.168 e. The molecule has 0 spiro atoms. The van der Waals surface area contributed by atoms with E-state index in [0.29, 0.717) is 11.3 Å². The predicted molar refractivity (Wildman–Crippen MR) is 99.2 cm³/mol. The summed E-state index contributed by atoms with van der Waals surface area (Å²) in [6, 6.07) is 4.60. The molecule has 124 valence electrons. The molecule has 2 unspecified atom stereocenters. The second-order valence-corrected chi connectivity index (χ2v) is 8.05. The number of rotatable bonds is 4. The van der Waals surface area contributed by atoms with Crippen LogP contribution in [0.15, 0.2) is 61.0 Å². The minimum atomic E-state index is 0.0795. The highest BCUT2D eigenvalue weighted by Gasteiger charge is 2.45. The van der Waals surface area contributed by atoms with Gasteiger partial charge in [0.1, 0.15) is 7.05 Å². The summed E-state index contributed by atoms with van der Waals surface area (Å²) >= 11 is 0. The molecule has 0 saturated heterocycles. The van der Waals surface area contributed by atoms with E-state index in [1.54, 1.807) is 0 Å². The average molecular weight is 311 g/mol. The Kier molecular flexibility index (Phi) is 5.29. The van der Waals surface area contributed by atoms with E-state index in [2.05, 4.69) is 88.6 Å². The summed E-state index contributed by atoms with van der Waals surface area (Å²) in [5.74, 6) is 0.714. The van der Waals surface area contributed by atoms with Crippen LogP contribution in [0.3, 0.4) is 0 Å². The van der Waals surface area contributed by atoms with E-state index in [1.165, 1.54) is 30.4 Å². The van der Waals surface area contributed by atoms with Crippen molar-refractivity contribution in [3.63, 3.8) is 0 Å². The summed E-state index contributed by atoms with van der Waals surface area (Å²) in [6.07, 6.45) is 16.6. The molecule has 0 aliphatic heterocycles. The number of aromatic nitrogens is 1. The van der Waals surface area contributed by atoms with Crippen molar-refractivity contribution in [1.82, 2.24) is 0 Å². The fourth-order valence-corrected chi connectivity index (χ4v) is 4.68. The molecule has 2 atom stereocenters. The monoisotopic (exact) mass is 310 g/mol. The summed E-state index contributed by atoms with van der Waals surface area (Å²) < 4.78 is 2.11. The summed E-state index contributed by atoms with van der Waals surface area (Å²) in [5, 5.41) is 0. The van der Waals surface area contributed by atoms with E-state index in [-0.39, 0.29) is 5.41 Å². The lowest BCUT2D eigenvalue weighted by Crippen LogP contribution is -2.42. The van der Waals surface area contributed by atoms with Gasteiger partial charge < -0.3 is 0 Å². The molecule has 23 heavy (non-hydrogen) atoms. The van der Waals surface area contributed by atoms with Gasteiger partial charge in [0, 0.05) is 17.5 Å². The number of pyridine rings is 1. The molecule has 1 heterocycles. The summed E-state index contributed by atoms with van der Waals surface area (Å²) in [5.41, 5.74) is 3.25. The first-order valence-electron chi connectivity index (χ1n) is 8.75. The topological polar surface area (TPSA) is 3.88 Å². The molecule has 1 nitrogen and oxygen atoms in total. The van der Waals surface area contributed by atoms with Crippen molar-refractivity contribution < 1.29 is 4.57 Å². The van der Waals surface area contributed by atoms with Crippen molar-refractivity contribution in [1.29, 1.82) is 0 Å². The maximum Gasteiger partial charge on any atom is 0.168 e. The second-order valence-electron chi connectivity index (χ2n) is 8.05. The van der Waals surface area contributed by atoms with Crippen LogP contribution in [0.25, 0.3) is 0 Å². The molecule has 0 radical (unpaired) electrons. The Balaban J connectivity index is 2.65. The third kappa shape index (κ3) is 3.83. The Morgan fingerprint density at radius 1 is 1.26 bits per heavy atom. The maximum absolute atomic E-state index is 3.96. The lowest BCUT2D eigenvalue weighted by Gasteiger charge is -2.49. The summed E-state index contributed by atoms with van der Waals surface area (Å²) in [7, 11) is 2.08. The van der Waals surface area contributed by atoms with Gasteiger partial charge in [-0.1, -0.05) is 51.7 Å². The van der Waals surface area contributed by atoms with Gasteiger partial charge in [0.05, 0.1) is 0 Å². The number of nitrogens with zero attached hydrogens (tertiary/aromatic N) is 1.